The minimum atomic E-state index is -0.349. The molecule has 7 heteroatoms. The molecule has 0 aliphatic heterocycles. The maximum atomic E-state index is 13.3. The van der Waals surface area contributed by atoms with E-state index in [0.717, 1.165) is 16.6 Å². The number of nitrogens with one attached hydrogen (secondary N) is 1. The van der Waals surface area contributed by atoms with Gasteiger partial charge in [-0.05, 0) is 49.7 Å². The fraction of sp³-hybridized carbons (Fsp3) is 0.174. The molecule has 152 valence electrons. The smallest absolute Gasteiger partial charge is 0.257 e. The van der Waals surface area contributed by atoms with Crippen LogP contribution in [0.25, 0.3) is 11.0 Å². The number of rotatable bonds is 6. The highest BCUT2D eigenvalue weighted by Gasteiger charge is 2.12. The van der Waals surface area contributed by atoms with Gasteiger partial charge in [0.15, 0.2) is 5.65 Å². The Kier molecular flexibility index (Phi) is 5.43. The van der Waals surface area contributed by atoms with Crippen LogP contribution in [0.4, 0.5) is 10.1 Å². The minimum absolute atomic E-state index is 0.187. The lowest BCUT2D eigenvalue weighted by atomic mass is 10.2. The van der Waals surface area contributed by atoms with E-state index in [0.29, 0.717) is 17.0 Å². The third-order valence-corrected chi connectivity index (χ3v) is 4.57. The van der Waals surface area contributed by atoms with Crippen LogP contribution in [-0.4, -0.2) is 20.7 Å². The normalized spacial score (nSPS) is 11.1. The van der Waals surface area contributed by atoms with Crippen LogP contribution in [0, 0.1) is 5.82 Å². The number of pyridine rings is 1. The highest BCUT2D eigenvalue weighted by Crippen LogP contribution is 2.19. The predicted octanol–water partition coefficient (Wildman–Crippen LogP) is 4.98. The first-order chi connectivity index (χ1) is 14.5. The van der Waals surface area contributed by atoms with Crippen LogP contribution in [-0.2, 0) is 6.61 Å². The maximum Gasteiger partial charge on any atom is 0.257 e. The predicted molar refractivity (Wildman–Crippen MR) is 113 cm³/mol. The zero-order chi connectivity index (χ0) is 21.1. The van der Waals surface area contributed by atoms with Gasteiger partial charge in [-0.3, -0.25) is 4.79 Å². The van der Waals surface area contributed by atoms with Gasteiger partial charge in [-0.2, -0.15) is 5.10 Å². The summed E-state index contributed by atoms with van der Waals surface area (Å²) in [6.07, 6.45) is 3.26. The number of benzene rings is 2. The van der Waals surface area contributed by atoms with Crippen molar-refractivity contribution in [3.05, 3.63) is 83.9 Å². The lowest BCUT2D eigenvalue weighted by Crippen LogP contribution is -2.12. The molecule has 0 atom stereocenters. The molecular weight excluding hydrogens is 383 g/mol. The molecule has 2 heterocycles. The second kappa shape index (κ2) is 8.32. The molecule has 0 saturated heterocycles. The average molecular weight is 404 g/mol. The molecule has 0 bridgehead atoms. The maximum absolute atomic E-state index is 13.3. The number of fused-ring (bicyclic) bond motifs is 1. The summed E-state index contributed by atoms with van der Waals surface area (Å²) < 4.78 is 20.7. The largest absolute Gasteiger partial charge is 0.489 e. The number of carbonyl (C=O) groups excluding carboxylic acids is 1. The van der Waals surface area contributed by atoms with Crippen molar-refractivity contribution in [2.75, 3.05) is 5.32 Å². The summed E-state index contributed by atoms with van der Waals surface area (Å²) in [4.78, 5) is 17.1. The second-order valence-electron chi connectivity index (χ2n) is 7.22. The van der Waals surface area contributed by atoms with E-state index in [2.05, 4.69) is 15.4 Å². The van der Waals surface area contributed by atoms with E-state index in [9.17, 15) is 9.18 Å². The number of aromatic nitrogens is 3. The van der Waals surface area contributed by atoms with Crippen LogP contribution in [0.3, 0.4) is 0 Å². The minimum Gasteiger partial charge on any atom is -0.489 e. The molecule has 1 amide bonds. The number of carbonyl (C=O) groups is 1. The Balaban J connectivity index is 1.45. The molecule has 0 aliphatic rings. The summed E-state index contributed by atoms with van der Waals surface area (Å²) in [5, 5.41) is 8.02. The monoisotopic (exact) mass is 404 g/mol. The van der Waals surface area contributed by atoms with Crippen LogP contribution in [0.15, 0.2) is 67.0 Å². The Morgan fingerprint density at radius 1 is 1.13 bits per heavy atom. The molecule has 2 aromatic carbocycles. The molecule has 30 heavy (non-hydrogen) atoms. The van der Waals surface area contributed by atoms with Crippen molar-refractivity contribution in [2.24, 2.45) is 0 Å². The van der Waals surface area contributed by atoms with Gasteiger partial charge in [0.2, 0.25) is 0 Å². The fourth-order valence-corrected chi connectivity index (χ4v) is 3.11. The van der Waals surface area contributed by atoms with Crippen molar-refractivity contribution in [1.82, 2.24) is 14.8 Å². The first-order valence-corrected chi connectivity index (χ1v) is 9.61. The van der Waals surface area contributed by atoms with E-state index in [1.54, 1.807) is 36.7 Å². The molecule has 0 spiro atoms. The lowest BCUT2D eigenvalue weighted by Gasteiger charge is -2.10. The fourth-order valence-electron chi connectivity index (χ4n) is 3.11. The summed E-state index contributed by atoms with van der Waals surface area (Å²) in [7, 11) is 0. The summed E-state index contributed by atoms with van der Waals surface area (Å²) in [5.41, 5.74) is 2.69. The quantitative estimate of drug-likeness (QED) is 0.492. The standard InChI is InChI=1S/C23H21FN4O2/c1-15(2)28-22-17(13-26-28)10-18(12-25-22)23(29)27-20-7-3-5-16(9-20)14-30-21-8-4-6-19(24)11-21/h3-13,15H,14H2,1-2H3,(H,27,29). The topological polar surface area (TPSA) is 69.0 Å². The summed E-state index contributed by atoms with van der Waals surface area (Å²) in [6, 6.07) is 15.3. The highest BCUT2D eigenvalue weighted by atomic mass is 19.1. The number of anilines is 1. The van der Waals surface area contributed by atoms with E-state index < -0.39 is 0 Å². The number of ether oxygens (including phenoxy) is 1. The third-order valence-electron chi connectivity index (χ3n) is 4.57. The van der Waals surface area contributed by atoms with Gasteiger partial charge in [0, 0.05) is 29.4 Å². The Bertz CT molecular complexity index is 1200. The number of halogens is 1. The number of hydrogen-bond donors (Lipinski definition) is 1. The molecule has 4 rings (SSSR count). The van der Waals surface area contributed by atoms with E-state index in [-0.39, 0.29) is 24.4 Å². The van der Waals surface area contributed by atoms with E-state index >= 15 is 0 Å². The van der Waals surface area contributed by atoms with Gasteiger partial charge in [-0.15, -0.1) is 0 Å². The van der Waals surface area contributed by atoms with Crippen LogP contribution >= 0.6 is 0 Å². The van der Waals surface area contributed by atoms with Gasteiger partial charge in [-0.1, -0.05) is 18.2 Å². The third kappa shape index (κ3) is 4.30. The molecule has 0 saturated carbocycles. The average Bonchev–Trinajstić information content (AvgIpc) is 3.16. The Morgan fingerprint density at radius 3 is 2.77 bits per heavy atom. The lowest BCUT2D eigenvalue weighted by molar-refractivity contribution is 0.102. The summed E-state index contributed by atoms with van der Waals surface area (Å²) in [5.74, 6) is -0.159. The van der Waals surface area contributed by atoms with Crippen molar-refractivity contribution in [3.8, 4) is 5.75 Å². The molecule has 6 nitrogen and oxygen atoms in total. The Labute approximate surface area is 173 Å². The summed E-state index contributed by atoms with van der Waals surface area (Å²) >= 11 is 0. The zero-order valence-electron chi connectivity index (χ0n) is 16.7. The van der Waals surface area contributed by atoms with Gasteiger partial charge in [0.1, 0.15) is 18.2 Å². The van der Waals surface area contributed by atoms with Crippen molar-refractivity contribution in [2.45, 2.75) is 26.5 Å². The molecule has 0 fully saturated rings. The number of nitrogens with zero attached hydrogens (tertiary/aromatic N) is 3. The first-order valence-electron chi connectivity index (χ1n) is 9.61. The number of amides is 1. The molecule has 0 radical (unpaired) electrons. The van der Waals surface area contributed by atoms with E-state index in [1.807, 2.05) is 36.7 Å². The molecular formula is C23H21FN4O2. The van der Waals surface area contributed by atoms with Gasteiger partial charge in [-0.25, -0.2) is 14.1 Å². The summed E-state index contributed by atoms with van der Waals surface area (Å²) in [6.45, 7) is 4.31. The van der Waals surface area contributed by atoms with Gasteiger partial charge in [0.25, 0.3) is 5.91 Å². The van der Waals surface area contributed by atoms with Crippen molar-refractivity contribution in [3.63, 3.8) is 0 Å². The molecule has 1 N–H and O–H groups in total. The van der Waals surface area contributed by atoms with Crippen molar-refractivity contribution in [1.29, 1.82) is 0 Å². The van der Waals surface area contributed by atoms with Crippen LogP contribution in [0.1, 0.15) is 35.8 Å². The first kappa shape index (κ1) is 19.6. The van der Waals surface area contributed by atoms with Crippen LogP contribution in [0.2, 0.25) is 0 Å². The Hall–Kier alpha value is -3.74. The van der Waals surface area contributed by atoms with Crippen LogP contribution < -0.4 is 10.1 Å². The molecule has 0 aliphatic carbocycles. The van der Waals surface area contributed by atoms with Crippen LogP contribution in [0.5, 0.6) is 5.75 Å². The molecule has 4 aromatic rings. The SMILES string of the molecule is CC(C)n1ncc2cc(C(=O)Nc3cccc(COc4cccc(F)c4)c3)cnc21. The highest BCUT2D eigenvalue weighted by molar-refractivity contribution is 6.05. The van der Waals surface area contributed by atoms with E-state index in [1.165, 1.54) is 12.1 Å². The van der Waals surface area contributed by atoms with Gasteiger partial charge < -0.3 is 10.1 Å². The molecule has 2 aromatic heterocycles. The van der Waals surface area contributed by atoms with E-state index in [4.69, 9.17) is 4.74 Å². The van der Waals surface area contributed by atoms with Crippen molar-refractivity contribution >= 4 is 22.6 Å². The zero-order valence-corrected chi connectivity index (χ0v) is 16.7. The number of hydrogen-bond acceptors (Lipinski definition) is 4. The molecule has 0 unspecified atom stereocenters. The second-order valence-corrected chi connectivity index (χ2v) is 7.22. The van der Waals surface area contributed by atoms with Crippen molar-refractivity contribution < 1.29 is 13.9 Å². The Morgan fingerprint density at radius 2 is 1.97 bits per heavy atom. The van der Waals surface area contributed by atoms with Gasteiger partial charge >= 0.3 is 0 Å². The van der Waals surface area contributed by atoms with Gasteiger partial charge in [0.05, 0.1) is 11.8 Å².